The predicted molar refractivity (Wildman–Crippen MR) is 110 cm³/mol. The molecular weight excluding hydrogens is 400 g/mol. The summed E-state index contributed by atoms with van der Waals surface area (Å²) in [6.07, 6.45) is 2.12. The second-order valence-corrected chi connectivity index (χ2v) is 8.87. The van der Waals surface area contributed by atoms with Crippen LogP contribution in [0.2, 0.25) is 0 Å². The van der Waals surface area contributed by atoms with E-state index in [2.05, 4.69) is 0 Å². The van der Waals surface area contributed by atoms with Crippen LogP contribution in [0.4, 0.5) is 4.79 Å². The third kappa shape index (κ3) is 3.61. The van der Waals surface area contributed by atoms with Crippen LogP contribution in [0.5, 0.6) is 0 Å². The molecule has 1 fully saturated rings. The lowest BCUT2D eigenvalue weighted by atomic mass is 9.97. The van der Waals surface area contributed by atoms with Gasteiger partial charge in [-0.1, -0.05) is 24.3 Å². The zero-order valence-corrected chi connectivity index (χ0v) is 18.2. The van der Waals surface area contributed by atoms with Gasteiger partial charge >= 0.3 is 6.09 Å². The van der Waals surface area contributed by atoms with Crippen molar-refractivity contribution in [1.29, 1.82) is 0 Å². The van der Waals surface area contributed by atoms with Crippen molar-refractivity contribution in [2.24, 2.45) is 5.92 Å². The number of fused-ring (bicyclic) bond motifs is 3. The Kier molecular flexibility index (Phi) is 5.13. The molecule has 3 aliphatic rings. The molecule has 4 rings (SSSR count). The van der Waals surface area contributed by atoms with E-state index < -0.39 is 29.9 Å². The number of carbonyl (C=O) groups is 3. The molecule has 8 nitrogen and oxygen atoms in total. The zero-order valence-electron chi connectivity index (χ0n) is 18.2. The van der Waals surface area contributed by atoms with Crippen molar-refractivity contribution < 1.29 is 28.7 Å². The number of imide groups is 1. The lowest BCUT2D eigenvalue weighted by Crippen LogP contribution is -2.39. The number of benzene rings is 1. The second kappa shape index (κ2) is 7.53. The van der Waals surface area contributed by atoms with Gasteiger partial charge in [-0.3, -0.25) is 14.4 Å². The van der Waals surface area contributed by atoms with Gasteiger partial charge in [-0.05, 0) is 51.3 Å². The number of hydrogen-bond donors (Lipinski definition) is 0. The maximum Gasteiger partial charge on any atom is 0.417 e. The van der Waals surface area contributed by atoms with Gasteiger partial charge in [-0.25, -0.2) is 9.69 Å². The van der Waals surface area contributed by atoms with Crippen LogP contribution >= 0.6 is 0 Å². The molecular formula is C23H26N2O6. The predicted octanol–water partition coefficient (Wildman–Crippen LogP) is 3.25. The number of nitrogens with zero attached hydrogens (tertiary/aromatic N) is 2. The molecule has 2 aliphatic heterocycles. The molecule has 1 aromatic rings. The summed E-state index contributed by atoms with van der Waals surface area (Å²) in [4.78, 5) is 44.6. The van der Waals surface area contributed by atoms with Crippen LogP contribution in [-0.2, 0) is 30.3 Å². The fourth-order valence-corrected chi connectivity index (χ4v) is 4.31. The Balaban J connectivity index is 1.67. The minimum absolute atomic E-state index is 0.254. The normalized spacial score (nSPS) is 26.3. The Morgan fingerprint density at radius 2 is 1.87 bits per heavy atom. The molecule has 1 saturated heterocycles. The highest BCUT2D eigenvalue weighted by atomic mass is 16.7. The van der Waals surface area contributed by atoms with Crippen molar-refractivity contribution in [3.05, 3.63) is 58.9 Å². The Labute approximate surface area is 181 Å². The molecule has 0 N–H and O–H groups in total. The average Bonchev–Trinajstić information content (AvgIpc) is 3.27. The first kappa shape index (κ1) is 21.1. The standard InChI is InChI=1S/C23H26N2O6/c1-13-10-18(25(29-5)20(13)26)30-12-17-16-11-14-8-6-7-9-15(14)19(16)24(21(17)27)22(28)31-23(2,3)4/h6-10,12,16,18-19H,11H2,1-5H3/b17-12+. The van der Waals surface area contributed by atoms with Crippen LogP contribution in [0, 0.1) is 5.92 Å². The second-order valence-electron chi connectivity index (χ2n) is 8.87. The molecule has 0 saturated carbocycles. The van der Waals surface area contributed by atoms with Gasteiger partial charge in [0.1, 0.15) is 5.60 Å². The van der Waals surface area contributed by atoms with Crippen molar-refractivity contribution in [2.75, 3.05) is 7.11 Å². The molecule has 31 heavy (non-hydrogen) atoms. The number of likely N-dealkylation sites (tertiary alicyclic amines) is 1. The van der Waals surface area contributed by atoms with E-state index in [1.807, 2.05) is 24.3 Å². The van der Waals surface area contributed by atoms with E-state index in [1.165, 1.54) is 18.3 Å². The number of rotatable bonds is 3. The minimum Gasteiger partial charge on any atom is -0.472 e. The Bertz CT molecular complexity index is 1010. The van der Waals surface area contributed by atoms with E-state index in [0.29, 0.717) is 17.6 Å². The molecule has 1 aliphatic carbocycles. The Morgan fingerprint density at radius 3 is 2.55 bits per heavy atom. The topological polar surface area (TPSA) is 85.4 Å². The van der Waals surface area contributed by atoms with Crippen LogP contribution < -0.4 is 0 Å². The number of carbonyl (C=O) groups excluding carboxylic acids is 3. The smallest absolute Gasteiger partial charge is 0.417 e. The highest BCUT2D eigenvalue weighted by Crippen LogP contribution is 2.50. The SMILES string of the molecule is CON1C(=O)C(C)=CC1O/C=C1/C(=O)N(C(=O)OC(C)(C)C)C2c3ccccc3CC12. The number of ether oxygens (including phenoxy) is 2. The van der Waals surface area contributed by atoms with Crippen molar-refractivity contribution in [3.63, 3.8) is 0 Å². The van der Waals surface area contributed by atoms with E-state index in [0.717, 1.165) is 16.2 Å². The quantitative estimate of drug-likeness (QED) is 0.545. The first-order valence-electron chi connectivity index (χ1n) is 10.2. The summed E-state index contributed by atoms with van der Waals surface area (Å²) in [6.45, 7) is 6.95. The van der Waals surface area contributed by atoms with Gasteiger partial charge in [0.15, 0.2) is 0 Å². The summed E-state index contributed by atoms with van der Waals surface area (Å²) in [5.41, 5.74) is 2.13. The van der Waals surface area contributed by atoms with Crippen LogP contribution in [0.1, 0.15) is 44.9 Å². The summed E-state index contributed by atoms with van der Waals surface area (Å²) in [7, 11) is 1.38. The number of hydroxylamine groups is 2. The van der Waals surface area contributed by atoms with E-state index in [-0.39, 0.29) is 11.8 Å². The average molecular weight is 426 g/mol. The molecule has 2 heterocycles. The number of hydrogen-bond acceptors (Lipinski definition) is 6. The maximum atomic E-state index is 13.3. The highest BCUT2D eigenvalue weighted by molar-refractivity contribution is 6.06. The van der Waals surface area contributed by atoms with E-state index in [1.54, 1.807) is 33.8 Å². The van der Waals surface area contributed by atoms with Gasteiger partial charge in [0.2, 0.25) is 6.23 Å². The first-order valence-corrected chi connectivity index (χ1v) is 10.2. The van der Waals surface area contributed by atoms with Crippen LogP contribution in [0.3, 0.4) is 0 Å². The largest absolute Gasteiger partial charge is 0.472 e. The maximum absolute atomic E-state index is 13.3. The fourth-order valence-electron chi connectivity index (χ4n) is 4.31. The van der Waals surface area contributed by atoms with Crippen molar-refractivity contribution in [3.8, 4) is 0 Å². The molecule has 0 aromatic heterocycles. The van der Waals surface area contributed by atoms with Crippen LogP contribution in [-0.4, -0.2) is 46.8 Å². The summed E-state index contributed by atoms with van der Waals surface area (Å²) in [5.74, 6) is -1.01. The lowest BCUT2D eigenvalue weighted by molar-refractivity contribution is -0.201. The van der Waals surface area contributed by atoms with Crippen molar-refractivity contribution in [2.45, 2.75) is 52.0 Å². The van der Waals surface area contributed by atoms with Gasteiger partial charge in [-0.2, -0.15) is 5.06 Å². The molecule has 0 radical (unpaired) electrons. The van der Waals surface area contributed by atoms with Gasteiger partial charge in [0, 0.05) is 11.5 Å². The summed E-state index contributed by atoms with van der Waals surface area (Å²) in [5, 5.41) is 1.10. The molecule has 8 heteroatoms. The lowest BCUT2D eigenvalue weighted by Gasteiger charge is -2.27. The van der Waals surface area contributed by atoms with Gasteiger partial charge in [-0.15, -0.1) is 0 Å². The molecule has 0 spiro atoms. The van der Waals surface area contributed by atoms with E-state index >= 15 is 0 Å². The van der Waals surface area contributed by atoms with Crippen molar-refractivity contribution in [1.82, 2.24) is 9.96 Å². The fraction of sp³-hybridized carbons (Fsp3) is 0.435. The summed E-state index contributed by atoms with van der Waals surface area (Å²) >= 11 is 0. The monoisotopic (exact) mass is 426 g/mol. The minimum atomic E-state index is -0.782. The Hall–Kier alpha value is -3.13. The van der Waals surface area contributed by atoms with Crippen LogP contribution in [0.15, 0.2) is 47.7 Å². The van der Waals surface area contributed by atoms with Gasteiger partial charge < -0.3 is 9.47 Å². The molecule has 3 unspecified atom stereocenters. The Morgan fingerprint density at radius 1 is 1.16 bits per heavy atom. The molecule has 3 amide bonds. The van der Waals surface area contributed by atoms with Crippen molar-refractivity contribution >= 4 is 17.9 Å². The molecule has 1 aromatic carbocycles. The first-order chi connectivity index (χ1) is 14.6. The van der Waals surface area contributed by atoms with E-state index in [4.69, 9.17) is 14.3 Å². The molecule has 164 valence electrons. The van der Waals surface area contributed by atoms with Gasteiger partial charge in [0.05, 0.1) is 25.0 Å². The molecule has 3 atom stereocenters. The third-order valence-electron chi connectivity index (χ3n) is 5.62. The third-order valence-corrected chi connectivity index (χ3v) is 5.62. The summed E-state index contributed by atoms with van der Waals surface area (Å²) in [6, 6.07) is 7.31. The molecule has 0 bridgehead atoms. The van der Waals surface area contributed by atoms with E-state index in [9.17, 15) is 14.4 Å². The van der Waals surface area contributed by atoms with Gasteiger partial charge in [0.25, 0.3) is 11.8 Å². The van der Waals surface area contributed by atoms with Crippen LogP contribution in [0.25, 0.3) is 0 Å². The zero-order chi connectivity index (χ0) is 22.5. The highest BCUT2D eigenvalue weighted by Gasteiger charge is 2.53. The summed E-state index contributed by atoms with van der Waals surface area (Å²) < 4.78 is 11.3. The number of amides is 3.